The van der Waals surface area contributed by atoms with Crippen LogP contribution in [0.2, 0.25) is 6.04 Å². The van der Waals surface area contributed by atoms with Gasteiger partial charge in [0.1, 0.15) is 30.2 Å². The molecule has 0 aromatic heterocycles. The number of hydrogen-bond donors (Lipinski definition) is 12. The molecule has 0 bridgehead atoms. The number of anilines is 1. The number of rotatable bonds is 39. The molecule has 4 aromatic carbocycles. The number of nitrogens with two attached hydrogens (primary N) is 2. The molecule has 3 saturated heterocycles. The lowest BCUT2D eigenvalue weighted by atomic mass is 9.79. The van der Waals surface area contributed by atoms with Crippen molar-refractivity contribution in [1.29, 1.82) is 5.41 Å². The summed E-state index contributed by atoms with van der Waals surface area (Å²) >= 11 is 0. The van der Waals surface area contributed by atoms with Crippen molar-refractivity contribution in [2.45, 2.75) is 194 Å². The molecule has 9 rings (SSSR count). The molecule has 0 radical (unpaired) electrons. The number of hydrogen-bond acceptors (Lipinski definition) is 19. The number of unbranched alkanes of at least 4 members (excludes halogenated alkanes) is 1. The summed E-state index contributed by atoms with van der Waals surface area (Å²) < 4.78 is 132. The highest BCUT2D eigenvalue weighted by molar-refractivity contribution is 7.89. The van der Waals surface area contributed by atoms with Gasteiger partial charge in [0.05, 0.1) is 36.3 Å². The number of likely N-dealkylation sites (tertiary alicyclic amines) is 3. The van der Waals surface area contributed by atoms with Gasteiger partial charge in [0.15, 0.2) is 5.96 Å². The van der Waals surface area contributed by atoms with Crippen LogP contribution in [0.4, 0.5) is 5.69 Å². The fraction of sp³-hybridized carbons (Fsp3) is 0.532. The summed E-state index contributed by atoms with van der Waals surface area (Å²) in [6, 6.07) is 12.1. The van der Waals surface area contributed by atoms with E-state index < -0.39 is 143 Å². The molecule has 115 heavy (non-hydrogen) atoms. The Labute approximate surface area is 672 Å². The van der Waals surface area contributed by atoms with E-state index >= 15 is 0 Å². The number of fused-ring (bicyclic) bond motifs is 6. The van der Waals surface area contributed by atoms with Crippen LogP contribution < -0.4 is 48.1 Å². The third-order valence-electron chi connectivity index (χ3n) is 22.1. The summed E-state index contributed by atoms with van der Waals surface area (Å²) in [5, 5.41) is 35.4. The number of carbonyl (C=O) groups is 8. The molecule has 38 heteroatoms. The van der Waals surface area contributed by atoms with E-state index in [-0.39, 0.29) is 125 Å². The van der Waals surface area contributed by atoms with Crippen molar-refractivity contribution in [3.05, 3.63) is 108 Å². The Morgan fingerprint density at radius 2 is 1.28 bits per heavy atom. The van der Waals surface area contributed by atoms with Gasteiger partial charge in [0.25, 0.3) is 30.4 Å². The average molecular weight is 1690 g/mol. The van der Waals surface area contributed by atoms with Gasteiger partial charge in [-0.15, -0.1) is 0 Å². The van der Waals surface area contributed by atoms with Gasteiger partial charge < -0.3 is 62.8 Å². The zero-order chi connectivity index (χ0) is 84.1. The van der Waals surface area contributed by atoms with Crippen LogP contribution in [-0.4, -0.2) is 246 Å². The molecule has 5 aliphatic heterocycles. The molecule has 4 aromatic rings. The van der Waals surface area contributed by atoms with Crippen LogP contribution in [-0.2, 0) is 89.6 Å². The fourth-order valence-electron chi connectivity index (χ4n) is 16.5. The van der Waals surface area contributed by atoms with Crippen molar-refractivity contribution >= 4 is 140 Å². The minimum atomic E-state index is -4.57. The first-order valence-corrected chi connectivity index (χ1v) is 46.6. The van der Waals surface area contributed by atoms with Gasteiger partial charge in [0.2, 0.25) is 51.4 Å². The number of amides is 7. The van der Waals surface area contributed by atoms with E-state index in [1.807, 2.05) is 69.0 Å². The summed E-state index contributed by atoms with van der Waals surface area (Å²) in [5.74, 6) is -5.72. The third kappa shape index (κ3) is 22.3. The van der Waals surface area contributed by atoms with Crippen LogP contribution in [0, 0.1) is 5.41 Å². The first kappa shape index (κ1) is 90.1. The Morgan fingerprint density at radius 1 is 0.643 bits per heavy atom. The number of carbonyl (C=O) groups excluding carboxylic acids is 7. The topological polar surface area (TPSA) is 506 Å². The quantitative estimate of drug-likeness (QED) is 0.00762. The van der Waals surface area contributed by atoms with E-state index in [1.165, 1.54) is 44.3 Å². The molecule has 14 N–H and O–H groups in total. The summed E-state index contributed by atoms with van der Waals surface area (Å²) in [5.41, 5.74) is 12.5. The standard InChI is InChI=1S/C77H107N13O20S4Si/c1-76(2)63(87(44-18-45-111(100,101)102)57-35-32-50-31-33-51(114(108,109)110)48-54(50)68(57)76)27-7-6-8-28-64-77(3,4)69-53-20-11-26-61(52(53)34-36-62(69)115(64)47-19-46-112(103,104)105)113(106,107)86(5)40-17-30-65(91)81-37-10-9-21-56(74(98)99)84-66(92)29-13-38-82-70(94)58-23-15-42-89(58)73(97)60-25-16-43-90(60)72(96)55(22-12-39-83-75(79)80)85-71(95)59-24-14-41-88(59)67(93)49-78/h6-8,11,20,26-28,31-36,48,55-56,58-60H,9-10,12-19,21-25,29-30,37-47,49,78H2,1-5H3,(H,81,91)(H,82,94)(H,84,92)(H,85,95)(H,98,99)(H4,79,80,83)(H,100,101,102)(H,103,104,105)(H,108,109,110)/b7-6+,28-8+,63-27+/t55-,56-,58-,59?,60-/m0/s1. The van der Waals surface area contributed by atoms with Crippen molar-refractivity contribution in [2.24, 2.45) is 11.5 Å². The maximum Gasteiger partial charge on any atom is 0.326 e. The molecule has 1 unspecified atom stereocenters. The highest BCUT2D eigenvalue weighted by Crippen LogP contribution is 2.51. The molecular weight excluding hydrogens is 1580 g/mol. The fourth-order valence-corrected chi connectivity index (χ4v) is 23.3. The summed E-state index contributed by atoms with van der Waals surface area (Å²) in [6.45, 7) is 9.04. The number of guanidine groups is 1. The zero-order valence-corrected chi connectivity index (χ0v) is 69.7. The second kappa shape index (κ2) is 38.5. The van der Waals surface area contributed by atoms with E-state index in [4.69, 9.17) is 16.9 Å². The second-order valence-corrected chi connectivity index (χ2v) is 39.9. The van der Waals surface area contributed by atoms with Crippen molar-refractivity contribution in [2.75, 3.05) is 82.4 Å². The van der Waals surface area contributed by atoms with Gasteiger partial charge in [-0.05, 0) is 165 Å². The van der Waals surface area contributed by atoms with Crippen LogP contribution in [0.5, 0.6) is 0 Å². The summed E-state index contributed by atoms with van der Waals surface area (Å²) in [7, 11) is -17.7. The Bertz CT molecular complexity index is 5020. The van der Waals surface area contributed by atoms with Gasteiger partial charge in [-0.2, -0.15) is 25.3 Å². The third-order valence-corrected chi connectivity index (χ3v) is 29.8. The van der Waals surface area contributed by atoms with E-state index in [0.29, 0.717) is 97.6 Å². The molecule has 7 amide bonds. The van der Waals surface area contributed by atoms with Crippen LogP contribution in [0.3, 0.4) is 0 Å². The SMILES string of the molecule is CN(CCCC(=O)NCCCC[C@H](NC(=O)CCCNC(=O)[C@@H]1CCCN1C(=O)[C@@H]1CCCN1C(=O)[C@H](CCCNC(=N)N)NC(=O)C1CCCN1C(=O)CN)C(=O)O)S(=O)(=O)c1cccc2c3c(ccc12)[Si](CCCS(=O)(=O)O)=C(/C=C/C=C/C=C1/N(CCCS(=O)(=O)O)c2ccc4ccc(S(=O)(=O)O)cc4c2C1(C)C)C3(C)C. The molecule has 5 heterocycles. The molecule has 5 aliphatic rings. The van der Waals surface area contributed by atoms with Crippen LogP contribution in [0.15, 0.2) is 107 Å². The smallest absolute Gasteiger partial charge is 0.326 e. The summed E-state index contributed by atoms with van der Waals surface area (Å²) in [6.07, 6.45) is 13.4. The van der Waals surface area contributed by atoms with Crippen molar-refractivity contribution in [3.8, 4) is 0 Å². The number of sulfonamides is 1. The molecule has 0 saturated carbocycles. The second-order valence-electron chi connectivity index (χ2n) is 30.8. The zero-order valence-electron chi connectivity index (χ0n) is 65.4. The molecular formula is C77H107N13O20S4Si. The monoisotopic (exact) mass is 1690 g/mol. The summed E-state index contributed by atoms with van der Waals surface area (Å²) in [4.78, 5) is 113. The van der Waals surface area contributed by atoms with E-state index in [9.17, 15) is 90.8 Å². The van der Waals surface area contributed by atoms with Crippen molar-refractivity contribution < 1.29 is 90.8 Å². The predicted molar refractivity (Wildman–Crippen MR) is 437 cm³/mol. The number of benzene rings is 4. The first-order valence-electron chi connectivity index (χ1n) is 38.8. The van der Waals surface area contributed by atoms with E-state index in [0.717, 1.165) is 27.2 Å². The van der Waals surface area contributed by atoms with Gasteiger partial charge in [-0.1, -0.05) is 93.6 Å². The lowest BCUT2D eigenvalue weighted by Crippen LogP contribution is -2.58. The number of nitrogens with one attached hydrogen (secondary N) is 6. The molecule has 3 fully saturated rings. The van der Waals surface area contributed by atoms with Gasteiger partial charge in [0, 0.05) is 99.8 Å². The molecule has 5 atom stereocenters. The molecule has 0 spiro atoms. The Balaban J connectivity index is 0.742. The van der Waals surface area contributed by atoms with Gasteiger partial charge >= 0.3 is 5.97 Å². The Hall–Kier alpha value is -8.86. The van der Waals surface area contributed by atoms with E-state index in [1.54, 1.807) is 36.4 Å². The minimum Gasteiger partial charge on any atom is -0.480 e. The predicted octanol–water partition coefficient (Wildman–Crippen LogP) is 3.17. The van der Waals surface area contributed by atoms with Crippen molar-refractivity contribution in [3.63, 3.8) is 0 Å². The number of carboxylic acid groups (broad SMARTS) is 1. The highest BCUT2D eigenvalue weighted by Gasteiger charge is 2.46. The van der Waals surface area contributed by atoms with Gasteiger partial charge in [-0.3, -0.25) is 52.6 Å². The maximum absolute atomic E-state index is 14.5. The molecule has 33 nitrogen and oxygen atoms in total. The number of aliphatic carboxylic acids is 1. The largest absolute Gasteiger partial charge is 0.480 e. The average Bonchev–Trinajstić information content (AvgIpc) is 1.58. The Morgan fingerprint density at radius 3 is 1.96 bits per heavy atom. The first-order chi connectivity index (χ1) is 54.2. The lowest BCUT2D eigenvalue weighted by Gasteiger charge is -2.33. The number of nitrogens with zero attached hydrogens (tertiary/aromatic N) is 5. The number of allylic oxidation sites excluding steroid dienone is 6. The maximum atomic E-state index is 14.5. The highest BCUT2D eigenvalue weighted by atomic mass is 32.2. The minimum absolute atomic E-state index is 0.0289. The Kier molecular flexibility index (Phi) is 30.1. The number of carboxylic acids is 1. The molecule has 628 valence electrons. The van der Waals surface area contributed by atoms with Crippen LogP contribution >= 0.6 is 0 Å². The van der Waals surface area contributed by atoms with Crippen molar-refractivity contribution in [1.82, 2.24) is 45.6 Å². The van der Waals surface area contributed by atoms with E-state index in [2.05, 4.69) is 26.6 Å². The lowest BCUT2D eigenvalue weighted by molar-refractivity contribution is -0.148. The van der Waals surface area contributed by atoms with Gasteiger partial charge in [-0.25, -0.2) is 17.5 Å². The normalized spacial score (nSPS) is 19.1. The van der Waals surface area contributed by atoms with Crippen LogP contribution in [0.1, 0.15) is 148 Å². The van der Waals surface area contributed by atoms with Crippen LogP contribution in [0.25, 0.3) is 21.5 Å². The molecule has 0 aliphatic carbocycles.